The molecule has 0 saturated heterocycles. The maximum atomic E-state index is 10.7. The van der Waals surface area contributed by atoms with E-state index in [1.54, 1.807) is 12.4 Å². The summed E-state index contributed by atoms with van der Waals surface area (Å²) in [5.74, 6) is 0.622. The quantitative estimate of drug-likeness (QED) is 0.752. The normalized spacial score (nSPS) is 12.0. The minimum absolute atomic E-state index is 0.357. The molecule has 3 N–H and O–H groups in total. The Labute approximate surface area is 98.5 Å². The Kier molecular flexibility index (Phi) is 3.40. The number of imidazole rings is 1. The molecule has 5 nitrogen and oxygen atoms in total. The molecule has 0 fully saturated rings. The Balaban J connectivity index is 2.14. The van der Waals surface area contributed by atoms with Crippen molar-refractivity contribution in [2.45, 2.75) is 12.5 Å². The highest BCUT2D eigenvalue weighted by Crippen LogP contribution is 2.14. The van der Waals surface area contributed by atoms with Gasteiger partial charge in [0.05, 0.1) is 6.04 Å². The molecule has 0 saturated carbocycles. The van der Waals surface area contributed by atoms with Crippen LogP contribution < -0.4 is 5.32 Å². The average Bonchev–Trinajstić information content (AvgIpc) is 2.82. The molecule has 1 aromatic heterocycles. The molecule has 2 rings (SSSR count). The van der Waals surface area contributed by atoms with Crippen molar-refractivity contribution in [2.24, 2.45) is 0 Å². The van der Waals surface area contributed by atoms with E-state index in [2.05, 4.69) is 15.3 Å². The van der Waals surface area contributed by atoms with Crippen LogP contribution in [0.25, 0.3) is 0 Å². The molecule has 1 atom stereocenters. The van der Waals surface area contributed by atoms with Gasteiger partial charge in [0.25, 0.3) is 0 Å². The van der Waals surface area contributed by atoms with Crippen molar-refractivity contribution in [1.82, 2.24) is 15.3 Å². The number of nitrogens with zero attached hydrogens (tertiary/aromatic N) is 1. The molecule has 2 aromatic rings. The van der Waals surface area contributed by atoms with E-state index in [9.17, 15) is 4.79 Å². The van der Waals surface area contributed by atoms with Crippen LogP contribution in [0.4, 0.5) is 4.79 Å². The highest BCUT2D eigenvalue weighted by Gasteiger charge is 2.16. The fraction of sp³-hybridized carbons (Fsp3) is 0.167. The molecule has 0 aliphatic rings. The van der Waals surface area contributed by atoms with Crippen molar-refractivity contribution < 1.29 is 9.90 Å². The third kappa shape index (κ3) is 3.07. The topological polar surface area (TPSA) is 78.0 Å². The van der Waals surface area contributed by atoms with Crippen molar-refractivity contribution >= 4 is 6.09 Å². The molecule has 1 aromatic carbocycles. The smallest absolute Gasteiger partial charge is 0.405 e. The third-order valence-corrected chi connectivity index (χ3v) is 2.43. The van der Waals surface area contributed by atoms with Gasteiger partial charge in [-0.1, -0.05) is 30.3 Å². The molecule has 0 aliphatic carbocycles. The van der Waals surface area contributed by atoms with Gasteiger partial charge < -0.3 is 15.4 Å². The summed E-state index contributed by atoms with van der Waals surface area (Å²) >= 11 is 0. The summed E-state index contributed by atoms with van der Waals surface area (Å²) in [4.78, 5) is 17.8. The maximum Gasteiger partial charge on any atom is 0.405 e. The van der Waals surface area contributed by atoms with E-state index in [4.69, 9.17) is 5.11 Å². The Bertz CT molecular complexity index is 468. The van der Waals surface area contributed by atoms with E-state index >= 15 is 0 Å². The van der Waals surface area contributed by atoms with Crippen LogP contribution in [0.3, 0.4) is 0 Å². The second-order valence-electron chi connectivity index (χ2n) is 3.67. The first-order valence-electron chi connectivity index (χ1n) is 5.28. The van der Waals surface area contributed by atoms with Gasteiger partial charge in [-0.15, -0.1) is 0 Å². The second kappa shape index (κ2) is 5.16. The average molecular weight is 231 g/mol. The van der Waals surface area contributed by atoms with Crippen LogP contribution in [0.5, 0.6) is 0 Å². The van der Waals surface area contributed by atoms with E-state index in [1.807, 2.05) is 30.3 Å². The van der Waals surface area contributed by atoms with E-state index in [-0.39, 0.29) is 6.04 Å². The van der Waals surface area contributed by atoms with Gasteiger partial charge in [0.15, 0.2) is 0 Å². The molecule has 0 aliphatic heterocycles. The molecule has 5 heteroatoms. The summed E-state index contributed by atoms with van der Waals surface area (Å²) in [6.07, 6.45) is 2.80. The molecular formula is C12H13N3O2. The lowest BCUT2D eigenvalue weighted by Crippen LogP contribution is -2.29. The van der Waals surface area contributed by atoms with Crippen LogP contribution in [0.2, 0.25) is 0 Å². The third-order valence-electron chi connectivity index (χ3n) is 2.43. The van der Waals surface area contributed by atoms with E-state index in [1.165, 1.54) is 0 Å². The zero-order valence-corrected chi connectivity index (χ0v) is 9.13. The van der Waals surface area contributed by atoms with Crippen LogP contribution in [-0.2, 0) is 6.42 Å². The lowest BCUT2D eigenvalue weighted by atomic mass is 10.1. The number of amides is 1. The zero-order valence-electron chi connectivity index (χ0n) is 9.13. The number of carbonyl (C=O) groups is 1. The van der Waals surface area contributed by atoms with Crippen molar-refractivity contribution in [2.75, 3.05) is 0 Å². The van der Waals surface area contributed by atoms with Crippen LogP contribution in [0.15, 0.2) is 42.7 Å². The van der Waals surface area contributed by atoms with Gasteiger partial charge in [-0.05, 0) is 5.56 Å². The maximum absolute atomic E-state index is 10.7. The molecule has 0 bridgehead atoms. The summed E-state index contributed by atoms with van der Waals surface area (Å²) < 4.78 is 0. The Morgan fingerprint density at radius 1 is 1.41 bits per heavy atom. The lowest BCUT2D eigenvalue weighted by molar-refractivity contribution is 0.189. The first-order chi connectivity index (χ1) is 8.25. The molecule has 1 heterocycles. The molecule has 17 heavy (non-hydrogen) atoms. The lowest BCUT2D eigenvalue weighted by Gasteiger charge is -2.14. The van der Waals surface area contributed by atoms with Crippen LogP contribution >= 0.6 is 0 Å². The summed E-state index contributed by atoms with van der Waals surface area (Å²) in [6, 6.07) is 9.34. The number of aromatic nitrogens is 2. The SMILES string of the molecule is O=C(O)N[C@@H](Cc1ccccc1)c1ncc[nH]1. The van der Waals surface area contributed by atoms with Crippen molar-refractivity contribution in [3.63, 3.8) is 0 Å². The summed E-state index contributed by atoms with van der Waals surface area (Å²) in [5, 5.41) is 11.3. The second-order valence-corrected chi connectivity index (χ2v) is 3.67. The monoisotopic (exact) mass is 231 g/mol. The zero-order chi connectivity index (χ0) is 12.1. The summed E-state index contributed by atoms with van der Waals surface area (Å²) in [7, 11) is 0. The number of hydrogen-bond acceptors (Lipinski definition) is 2. The van der Waals surface area contributed by atoms with Crippen molar-refractivity contribution in [3.05, 3.63) is 54.1 Å². The number of carboxylic acid groups (broad SMARTS) is 1. The first kappa shape index (κ1) is 11.2. The summed E-state index contributed by atoms with van der Waals surface area (Å²) in [5.41, 5.74) is 1.06. The standard InChI is InChI=1S/C12H13N3O2/c16-12(17)15-10(11-13-6-7-14-11)8-9-4-2-1-3-5-9/h1-7,10,15H,8H2,(H,13,14)(H,16,17)/t10-/m0/s1. The number of benzene rings is 1. The highest BCUT2D eigenvalue weighted by atomic mass is 16.4. The molecule has 0 unspecified atom stereocenters. The minimum atomic E-state index is -1.05. The number of H-pyrrole nitrogens is 1. The van der Waals surface area contributed by atoms with Gasteiger partial charge in [0, 0.05) is 18.8 Å². The number of rotatable bonds is 4. The Hall–Kier alpha value is -2.30. The summed E-state index contributed by atoms with van der Waals surface area (Å²) in [6.45, 7) is 0. The fourth-order valence-electron chi connectivity index (χ4n) is 1.68. The molecule has 1 amide bonds. The van der Waals surface area contributed by atoms with Gasteiger partial charge in [0.2, 0.25) is 0 Å². The molecule has 88 valence electrons. The predicted octanol–water partition coefficient (Wildman–Crippen LogP) is 1.96. The van der Waals surface area contributed by atoms with Gasteiger partial charge in [-0.2, -0.15) is 0 Å². The van der Waals surface area contributed by atoms with E-state index in [0.29, 0.717) is 12.2 Å². The largest absolute Gasteiger partial charge is 0.465 e. The van der Waals surface area contributed by atoms with Crippen molar-refractivity contribution in [1.29, 1.82) is 0 Å². The van der Waals surface area contributed by atoms with Gasteiger partial charge in [-0.25, -0.2) is 9.78 Å². The number of aromatic amines is 1. The highest BCUT2D eigenvalue weighted by molar-refractivity contribution is 5.65. The molecular weight excluding hydrogens is 218 g/mol. The first-order valence-corrected chi connectivity index (χ1v) is 5.28. The molecule has 0 radical (unpaired) electrons. The van der Waals surface area contributed by atoms with Crippen molar-refractivity contribution in [3.8, 4) is 0 Å². The van der Waals surface area contributed by atoms with E-state index in [0.717, 1.165) is 5.56 Å². The van der Waals surface area contributed by atoms with Gasteiger partial charge >= 0.3 is 6.09 Å². The number of nitrogens with one attached hydrogen (secondary N) is 2. The Morgan fingerprint density at radius 3 is 2.76 bits per heavy atom. The van der Waals surface area contributed by atoms with Crippen LogP contribution in [0.1, 0.15) is 17.4 Å². The van der Waals surface area contributed by atoms with Gasteiger partial charge in [0.1, 0.15) is 5.82 Å². The van der Waals surface area contributed by atoms with Gasteiger partial charge in [-0.3, -0.25) is 0 Å². The minimum Gasteiger partial charge on any atom is -0.465 e. The van der Waals surface area contributed by atoms with Crippen LogP contribution in [0, 0.1) is 0 Å². The Morgan fingerprint density at radius 2 is 2.18 bits per heavy atom. The number of hydrogen-bond donors (Lipinski definition) is 3. The molecule has 0 spiro atoms. The predicted molar refractivity (Wildman–Crippen MR) is 62.6 cm³/mol. The van der Waals surface area contributed by atoms with Crippen LogP contribution in [-0.4, -0.2) is 21.2 Å². The van der Waals surface area contributed by atoms with E-state index < -0.39 is 6.09 Å². The fourth-order valence-corrected chi connectivity index (χ4v) is 1.68.